The number of hydrogen-bond donors (Lipinski definition) is 0. The van der Waals surface area contributed by atoms with Crippen LogP contribution in [0, 0.1) is 5.82 Å². The summed E-state index contributed by atoms with van der Waals surface area (Å²) in [6.07, 6.45) is 0. The van der Waals surface area contributed by atoms with Gasteiger partial charge in [-0.05, 0) is 24.6 Å². The van der Waals surface area contributed by atoms with E-state index in [-0.39, 0.29) is 22.4 Å². The molecule has 0 aliphatic heterocycles. The second-order valence-electron chi connectivity index (χ2n) is 3.21. The fraction of sp³-hybridized carbons (Fsp3) is 0.250. The van der Waals surface area contributed by atoms with Crippen molar-refractivity contribution in [1.29, 1.82) is 0 Å². The van der Waals surface area contributed by atoms with E-state index in [0.29, 0.717) is 5.56 Å². The van der Waals surface area contributed by atoms with E-state index in [2.05, 4.69) is 0 Å². The van der Waals surface area contributed by atoms with E-state index in [1.54, 1.807) is 6.92 Å². The summed E-state index contributed by atoms with van der Waals surface area (Å²) in [6.45, 7) is 1.84. The molecule has 0 saturated carbocycles. The summed E-state index contributed by atoms with van der Waals surface area (Å²) < 4.78 is 22.7. The van der Waals surface area contributed by atoms with Gasteiger partial charge in [0.05, 0.1) is 19.3 Å². The monoisotopic (exact) mass is 292 g/mol. The Balaban J connectivity index is 3.24. The maximum atomic E-state index is 13.3. The van der Waals surface area contributed by atoms with Crippen LogP contribution in [0.2, 0.25) is 0 Å². The van der Waals surface area contributed by atoms with E-state index < -0.39 is 11.8 Å². The Labute approximate surface area is 114 Å². The van der Waals surface area contributed by atoms with Crippen LogP contribution in [0.4, 0.5) is 4.39 Å². The number of hydrogen-bond acceptors (Lipinski definition) is 3. The first-order chi connectivity index (χ1) is 8.51. The van der Waals surface area contributed by atoms with Crippen molar-refractivity contribution in [2.24, 2.45) is 0 Å². The molecule has 0 heterocycles. The lowest BCUT2D eigenvalue weighted by atomic mass is 10.1. The maximum absolute atomic E-state index is 13.3. The molecule has 0 amide bonds. The summed E-state index contributed by atoms with van der Waals surface area (Å²) in [4.78, 5) is 11.7. The average molecular weight is 293 g/mol. The van der Waals surface area contributed by atoms with E-state index in [1.807, 2.05) is 0 Å². The highest BCUT2D eigenvalue weighted by molar-refractivity contribution is 6.61. The van der Waals surface area contributed by atoms with Gasteiger partial charge < -0.3 is 9.47 Å². The molecule has 1 aromatic rings. The molecular formula is C12H11Cl2FO3. The number of halogens is 3. The Morgan fingerprint density at radius 2 is 2.06 bits per heavy atom. The molecule has 0 fully saturated rings. The fourth-order valence-electron chi connectivity index (χ4n) is 1.32. The van der Waals surface area contributed by atoms with Gasteiger partial charge in [0, 0.05) is 0 Å². The minimum absolute atomic E-state index is 0.0103. The second kappa shape index (κ2) is 6.61. The van der Waals surface area contributed by atoms with Crippen molar-refractivity contribution in [3.63, 3.8) is 0 Å². The van der Waals surface area contributed by atoms with Crippen LogP contribution in [0.15, 0.2) is 22.7 Å². The third-order valence-electron chi connectivity index (χ3n) is 2.11. The molecule has 0 saturated heterocycles. The van der Waals surface area contributed by atoms with E-state index in [4.69, 9.17) is 32.7 Å². The molecule has 0 aliphatic carbocycles. The zero-order valence-corrected chi connectivity index (χ0v) is 11.3. The first-order valence-corrected chi connectivity index (χ1v) is 5.83. The number of rotatable bonds is 4. The van der Waals surface area contributed by atoms with Crippen LogP contribution in [-0.2, 0) is 9.53 Å². The third-order valence-corrected chi connectivity index (χ3v) is 2.49. The van der Waals surface area contributed by atoms with Crippen molar-refractivity contribution in [2.45, 2.75) is 6.92 Å². The zero-order valence-electron chi connectivity index (χ0n) is 9.80. The highest BCUT2D eigenvalue weighted by Gasteiger charge is 2.19. The molecule has 0 atom stereocenters. The Kier molecular flexibility index (Phi) is 5.44. The highest BCUT2D eigenvalue weighted by Crippen LogP contribution is 2.29. The average Bonchev–Trinajstić information content (AvgIpc) is 2.31. The van der Waals surface area contributed by atoms with E-state index in [9.17, 15) is 9.18 Å². The summed E-state index contributed by atoms with van der Waals surface area (Å²) in [5.41, 5.74) is 0.296. The zero-order chi connectivity index (χ0) is 13.7. The Morgan fingerprint density at radius 1 is 1.39 bits per heavy atom. The van der Waals surface area contributed by atoms with Crippen molar-refractivity contribution < 1.29 is 18.7 Å². The molecule has 3 nitrogen and oxygen atoms in total. The van der Waals surface area contributed by atoms with Crippen molar-refractivity contribution in [1.82, 2.24) is 0 Å². The van der Waals surface area contributed by atoms with Gasteiger partial charge in [-0.2, -0.15) is 0 Å². The number of carbonyl (C=O) groups is 1. The first kappa shape index (κ1) is 14.8. The molecule has 0 unspecified atom stereocenters. The number of esters is 1. The Hall–Kier alpha value is -1.26. The predicted octanol–water partition coefficient (Wildman–Crippen LogP) is 3.54. The molecule has 0 aromatic heterocycles. The van der Waals surface area contributed by atoms with Crippen LogP contribution in [0.5, 0.6) is 5.75 Å². The summed E-state index contributed by atoms with van der Waals surface area (Å²) in [7, 11) is 1.32. The third kappa shape index (κ3) is 3.37. The van der Waals surface area contributed by atoms with E-state index >= 15 is 0 Å². The number of ether oxygens (including phenoxy) is 2. The molecular weight excluding hydrogens is 282 g/mol. The molecule has 1 aromatic carbocycles. The van der Waals surface area contributed by atoms with Crippen LogP contribution < -0.4 is 4.74 Å². The van der Waals surface area contributed by atoms with Gasteiger partial charge in [0.1, 0.15) is 4.49 Å². The smallest absolute Gasteiger partial charge is 0.341 e. The standard InChI is InChI=1S/C12H11Cl2FO3/c1-3-18-12(16)10(11(13)14)7-4-5-8(15)9(6-7)17-2/h4-6H,3H2,1-2H3. The number of benzene rings is 1. The van der Waals surface area contributed by atoms with Gasteiger partial charge in [-0.1, -0.05) is 29.3 Å². The normalized spacial score (nSPS) is 9.83. The van der Waals surface area contributed by atoms with Crippen molar-refractivity contribution in [3.05, 3.63) is 34.1 Å². The van der Waals surface area contributed by atoms with Crippen LogP contribution in [0.25, 0.3) is 5.57 Å². The largest absolute Gasteiger partial charge is 0.494 e. The van der Waals surface area contributed by atoms with Crippen LogP contribution in [-0.4, -0.2) is 19.7 Å². The van der Waals surface area contributed by atoms with Gasteiger partial charge in [0.15, 0.2) is 11.6 Å². The van der Waals surface area contributed by atoms with Gasteiger partial charge in [-0.25, -0.2) is 9.18 Å². The molecule has 98 valence electrons. The topological polar surface area (TPSA) is 35.5 Å². The minimum atomic E-state index is -0.675. The van der Waals surface area contributed by atoms with Crippen LogP contribution in [0.1, 0.15) is 12.5 Å². The number of carbonyl (C=O) groups excluding carboxylic acids is 1. The Bertz CT molecular complexity index is 482. The second-order valence-corrected chi connectivity index (χ2v) is 4.15. The first-order valence-electron chi connectivity index (χ1n) is 5.07. The van der Waals surface area contributed by atoms with Gasteiger partial charge in [-0.3, -0.25) is 0 Å². The lowest BCUT2D eigenvalue weighted by molar-refractivity contribution is -0.136. The van der Waals surface area contributed by atoms with Crippen molar-refractivity contribution in [3.8, 4) is 5.75 Å². The van der Waals surface area contributed by atoms with Gasteiger partial charge >= 0.3 is 5.97 Å². The SMILES string of the molecule is CCOC(=O)C(=C(Cl)Cl)c1ccc(F)c(OC)c1. The lowest BCUT2D eigenvalue weighted by Crippen LogP contribution is -2.07. The molecule has 0 radical (unpaired) electrons. The maximum Gasteiger partial charge on any atom is 0.341 e. The Morgan fingerprint density at radius 3 is 2.56 bits per heavy atom. The fourth-order valence-corrected chi connectivity index (χ4v) is 1.70. The predicted molar refractivity (Wildman–Crippen MR) is 68.2 cm³/mol. The molecule has 0 aliphatic rings. The number of methoxy groups -OCH3 is 1. The van der Waals surface area contributed by atoms with Crippen LogP contribution >= 0.6 is 23.2 Å². The van der Waals surface area contributed by atoms with Gasteiger partial charge in [0.2, 0.25) is 0 Å². The summed E-state index contributed by atoms with van der Waals surface area (Å²) in [5, 5.41) is 0. The van der Waals surface area contributed by atoms with E-state index in [0.717, 1.165) is 6.07 Å². The van der Waals surface area contributed by atoms with Crippen molar-refractivity contribution >= 4 is 34.7 Å². The van der Waals surface area contributed by atoms with E-state index in [1.165, 1.54) is 19.2 Å². The summed E-state index contributed by atoms with van der Waals surface area (Å²) >= 11 is 11.3. The van der Waals surface area contributed by atoms with Gasteiger partial charge in [-0.15, -0.1) is 0 Å². The summed E-state index contributed by atoms with van der Waals surface area (Å²) in [6, 6.07) is 3.85. The molecule has 6 heteroatoms. The quantitative estimate of drug-likeness (QED) is 0.629. The molecule has 18 heavy (non-hydrogen) atoms. The summed E-state index contributed by atoms with van der Waals surface area (Å²) in [5.74, 6) is -1.23. The van der Waals surface area contributed by atoms with Crippen molar-refractivity contribution in [2.75, 3.05) is 13.7 Å². The highest BCUT2D eigenvalue weighted by atomic mass is 35.5. The van der Waals surface area contributed by atoms with Gasteiger partial charge in [0.25, 0.3) is 0 Å². The lowest BCUT2D eigenvalue weighted by Gasteiger charge is -2.09. The minimum Gasteiger partial charge on any atom is -0.494 e. The molecule has 1 rings (SSSR count). The molecule has 0 bridgehead atoms. The molecule has 0 spiro atoms. The van der Waals surface area contributed by atoms with Crippen LogP contribution in [0.3, 0.4) is 0 Å². The molecule has 0 N–H and O–H groups in total.